The number of aromatic carboxylic acids is 1. The molecule has 4 aromatic rings. The molecule has 30 heavy (non-hydrogen) atoms. The second-order valence-corrected chi connectivity index (χ2v) is 7.98. The number of hydrogen-bond acceptors (Lipinski definition) is 6. The number of carbonyl (C=O) groups is 1. The van der Waals surface area contributed by atoms with Crippen LogP contribution in [-0.2, 0) is 10.0 Å². The molecule has 2 N–H and O–H groups in total. The van der Waals surface area contributed by atoms with E-state index >= 15 is 0 Å². The van der Waals surface area contributed by atoms with Crippen LogP contribution < -0.4 is 4.72 Å². The van der Waals surface area contributed by atoms with E-state index in [-0.39, 0.29) is 22.0 Å². The quantitative estimate of drug-likeness (QED) is 0.484. The van der Waals surface area contributed by atoms with Crippen molar-refractivity contribution in [3.05, 3.63) is 84.4 Å². The maximum absolute atomic E-state index is 12.7. The minimum absolute atomic E-state index is 0.00164. The third kappa shape index (κ3) is 4.06. The van der Waals surface area contributed by atoms with E-state index in [9.17, 15) is 13.2 Å². The van der Waals surface area contributed by atoms with Gasteiger partial charge < -0.3 is 9.52 Å². The van der Waals surface area contributed by atoms with E-state index in [1.165, 1.54) is 36.4 Å². The summed E-state index contributed by atoms with van der Waals surface area (Å²) in [4.78, 5) is 10.9. The van der Waals surface area contributed by atoms with Crippen LogP contribution in [0.15, 0.2) is 88.2 Å². The lowest BCUT2D eigenvalue weighted by molar-refractivity contribution is 0.0697. The summed E-state index contributed by atoms with van der Waals surface area (Å²) in [5.41, 5.74) is 1.51. The third-order valence-corrected chi connectivity index (χ3v) is 5.60. The molecule has 150 valence electrons. The molecule has 0 bridgehead atoms. The van der Waals surface area contributed by atoms with Crippen molar-refractivity contribution in [2.45, 2.75) is 4.90 Å². The Morgan fingerprint density at radius 2 is 1.47 bits per heavy atom. The predicted octanol–water partition coefficient (Wildman–Crippen LogP) is 3.90. The molecule has 0 unspecified atom stereocenters. The number of anilines is 1. The van der Waals surface area contributed by atoms with Gasteiger partial charge in [-0.3, -0.25) is 4.72 Å². The molecule has 4 rings (SSSR count). The summed E-state index contributed by atoms with van der Waals surface area (Å²) < 4.78 is 33.6. The molecule has 9 heteroatoms. The van der Waals surface area contributed by atoms with Crippen LogP contribution in [0.2, 0.25) is 0 Å². The van der Waals surface area contributed by atoms with Gasteiger partial charge in [-0.15, -0.1) is 10.2 Å². The van der Waals surface area contributed by atoms with Gasteiger partial charge in [-0.25, -0.2) is 13.2 Å². The lowest BCUT2D eigenvalue weighted by Gasteiger charge is -2.09. The molecular formula is C21H15N3O5S. The SMILES string of the molecule is O=C(O)c1ccc(NS(=O)(=O)c2cccc(-c3nnc(-c4ccccc4)o3)c2)cc1. The van der Waals surface area contributed by atoms with Crippen LogP contribution in [0.1, 0.15) is 10.4 Å². The average Bonchev–Trinajstić information content (AvgIpc) is 3.25. The zero-order valence-corrected chi connectivity index (χ0v) is 16.2. The largest absolute Gasteiger partial charge is 0.478 e. The number of nitrogens with one attached hydrogen (secondary N) is 1. The molecule has 0 aliphatic carbocycles. The number of carboxylic acid groups (broad SMARTS) is 1. The van der Waals surface area contributed by atoms with Crippen molar-refractivity contribution in [2.75, 3.05) is 4.72 Å². The number of benzene rings is 3. The molecule has 0 aliphatic heterocycles. The minimum atomic E-state index is -3.91. The van der Waals surface area contributed by atoms with Gasteiger partial charge in [-0.2, -0.15) is 0 Å². The Hall–Kier alpha value is -3.98. The first-order valence-corrected chi connectivity index (χ1v) is 10.3. The molecular weight excluding hydrogens is 406 g/mol. The summed E-state index contributed by atoms with van der Waals surface area (Å²) in [6.45, 7) is 0. The number of carboxylic acids is 1. The van der Waals surface area contributed by atoms with E-state index in [4.69, 9.17) is 9.52 Å². The molecule has 0 spiro atoms. The minimum Gasteiger partial charge on any atom is -0.478 e. The summed E-state index contributed by atoms with van der Waals surface area (Å²) in [6.07, 6.45) is 0. The topological polar surface area (TPSA) is 122 Å². The lowest BCUT2D eigenvalue weighted by atomic mass is 10.2. The summed E-state index contributed by atoms with van der Waals surface area (Å²) in [5.74, 6) is -0.571. The predicted molar refractivity (Wildman–Crippen MR) is 109 cm³/mol. The van der Waals surface area contributed by atoms with Crippen molar-refractivity contribution >= 4 is 21.7 Å². The molecule has 1 aromatic heterocycles. The number of sulfonamides is 1. The highest BCUT2D eigenvalue weighted by atomic mass is 32.2. The maximum Gasteiger partial charge on any atom is 0.335 e. The average molecular weight is 421 g/mol. The van der Waals surface area contributed by atoms with Gasteiger partial charge in [-0.1, -0.05) is 24.3 Å². The van der Waals surface area contributed by atoms with Crippen molar-refractivity contribution in [3.8, 4) is 22.9 Å². The number of aromatic nitrogens is 2. The van der Waals surface area contributed by atoms with Gasteiger partial charge in [0.15, 0.2) is 0 Å². The Bertz CT molecular complexity index is 1300. The Balaban J connectivity index is 1.59. The summed E-state index contributed by atoms with van der Waals surface area (Å²) in [6, 6.07) is 20.7. The second-order valence-electron chi connectivity index (χ2n) is 6.29. The smallest absolute Gasteiger partial charge is 0.335 e. The molecule has 0 fully saturated rings. The van der Waals surface area contributed by atoms with Gasteiger partial charge in [0.2, 0.25) is 11.8 Å². The van der Waals surface area contributed by atoms with Gasteiger partial charge >= 0.3 is 5.97 Å². The van der Waals surface area contributed by atoms with E-state index in [2.05, 4.69) is 14.9 Å². The first kappa shape index (κ1) is 19.3. The lowest BCUT2D eigenvalue weighted by Crippen LogP contribution is -2.13. The van der Waals surface area contributed by atoms with E-state index in [1.54, 1.807) is 12.1 Å². The molecule has 0 atom stereocenters. The van der Waals surface area contributed by atoms with Crippen LogP contribution >= 0.6 is 0 Å². The van der Waals surface area contributed by atoms with Crippen LogP contribution in [0, 0.1) is 0 Å². The van der Waals surface area contributed by atoms with E-state index in [0.29, 0.717) is 11.5 Å². The number of hydrogen-bond donors (Lipinski definition) is 2. The molecule has 3 aromatic carbocycles. The molecule has 0 saturated carbocycles. The van der Waals surface area contributed by atoms with Gasteiger partial charge in [0.05, 0.1) is 10.5 Å². The molecule has 0 amide bonds. The second kappa shape index (κ2) is 7.80. The van der Waals surface area contributed by atoms with Crippen LogP contribution in [0.4, 0.5) is 5.69 Å². The van der Waals surface area contributed by atoms with Gasteiger partial charge in [0.25, 0.3) is 10.0 Å². The normalized spacial score (nSPS) is 11.2. The van der Waals surface area contributed by atoms with Crippen molar-refractivity contribution in [1.29, 1.82) is 0 Å². The number of rotatable bonds is 6. The van der Waals surface area contributed by atoms with Crippen molar-refractivity contribution in [1.82, 2.24) is 10.2 Å². The van der Waals surface area contributed by atoms with Crippen molar-refractivity contribution in [2.24, 2.45) is 0 Å². The van der Waals surface area contributed by atoms with E-state index in [0.717, 1.165) is 5.56 Å². The fourth-order valence-corrected chi connectivity index (χ4v) is 3.83. The maximum atomic E-state index is 12.7. The Labute approximate surface area is 171 Å². The van der Waals surface area contributed by atoms with Crippen LogP contribution in [0.5, 0.6) is 0 Å². The standard InChI is InChI=1S/C21H15N3O5S/c25-21(26)15-9-11-17(12-10-15)24-30(27,28)18-8-4-7-16(13-18)20-23-22-19(29-20)14-5-2-1-3-6-14/h1-13,24H,(H,25,26). The fourth-order valence-electron chi connectivity index (χ4n) is 2.73. The van der Waals surface area contributed by atoms with Crippen molar-refractivity contribution in [3.63, 3.8) is 0 Å². The van der Waals surface area contributed by atoms with Crippen molar-refractivity contribution < 1.29 is 22.7 Å². The Morgan fingerprint density at radius 3 is 2.13 bits per heavy atom. The number of nitrogens with zero attached hydrogens (tertiary/aromatic N) is 2. The van der Waals surface area contributed by atoms with Crippen LogP contribution in [0.25, 0.3) is 22.9 Å². The summed E-state index contributed by atoms with van der Waals surface area (Å²) >= 11 is 0. The zero-order valence-electron chi connectivity index (χ0n) is 15.4. The Kier molecular flexibility index (Phi) is 5.03. The van der Waals surface area contributed by atoms with Crippen LogP contribution in [-0.4, -0.2) is 29.7 Å². The van der Waals surface area contributed by atoms with E-state index in [1.807, 2.05) is 30.3 Å². The third-order valence-electron chi connectivity index (χ3n) is 4.22. The first-order chi connectivity index (χ1) is 14.4. The zero-order chi connectivity index (χ0) is 21.1. The molecule has 0 saturated heterocycles. The fraction of sp³-hybridized carbons (Fsp3) is 0. The summed E-state index contributed by atoms with van der Waals surface area (Å²) in [5, 5.41) is 17.0. The van der Waals surface area contributed by atoms with Gasteiger partial charge in [0, 0.05) is 16.8 Å². The highest BCUT2D eigenvalue weighted by Crippen LogP contribution is 2.26. The van der Waals surface area contributed by atoms with E-state index < -0.39 is 16.0 Å². The molecule has 0 radical (unpaired) electrons. The van der Waals surface area contributed by atoms with Gasteiger partial charge in [-0.05, 0) is 54.6 Å². The van der Waals surface area contributed by atoms with Gasteiger partial charge in [0.1, 0.15) is 0 Å². The highest BCUT2D eigenvalue weighted by molar-refractivity contribution is 7.92. The first-order valence-electron chi connectivity index (χ1n) is 8.78. The molecule has 8 nitrogen and oxygen atoms in total. The summed E-state index contributed by atoms with van der Waals surface area (Å²) in [7, 11) is -3.91. The highest BCUT2D eigenvalue weighted by Gasteiger charge is 2.17. The van der Waals surface area contributed by atoms with Crippen LogP contribution in [0.3, 0.4) is 0 Å². The molecule has 1 heterocycles. The monoisotopic (exact) mass is 421 g/mol. The molecule has 0 aliphatic rings. The Morgan fingerprint density at radius 1 is 0.833 bits per heavy atom.